The molecular weight excluding hydrogens is 342 g/mol. The molecule has 2 aromatic rings. The van der Waals surface area contributed by atoms with Gasteiger partial charge in [-0.1, -0.05) is 67.3 Å². The zero-order valence-corrected chi connectivity index (χ0v) is 15.9. The highest BCUT2D eigenvalue weighted by atomic mass is 32.2. The molecule has 0 spiro atoms. The zero-order chi connectivity index (χ0) is 18.1. The molecule has 1 saturated carbocycles. The van der Waals surface area contributed by atoms with E-state index in [9.17, 15) is 8.42 Å². The maximum atomic E-state index is 13.0. The maximum Gasteiger partial charge on any atom is 0.241 e. The van der Waals surface area contributed by atoms with E-state index >= 15 is 0 Å². The zero-order valence-electron chi connectivity index (χ0n) is 15.1. The van der Waals surface area contributed by atoms with Crippen molar-refractivity contribution in [3.05, 3.63) is 70.8 Å². The van der Waals surface area contributed by atoms with Crippen LogP contribution >= 0.6 is 0 Å². The van der Waals surface area contributed by atoms with Crippen molar-refractivity contribution in [1.82, 2.24) is 4.72 Å². The summed E-state index contributed by atoms with van der Waals surface area (Å²) in [5.41, 5.74) is 4.51. The van der Waals surface area contributed by atoms with Crippen LogP contribution in [0.15, 0.2) is 59.0 Å². The van der Waals surface area contributed by atoms with Crippen molar-refractivity contribution in [3.8, 4) is 0 Å². The second kappa shape index (κ2) is 7.01. The largest absolute Gasteiger partial charge is 0.241 e. The average Bonchev–Trinajstić information content (AvgIpc) is 3.01. The number of nitrogens with one attached hydrogen (secondary N) is 1. The molecule has 4 heteroatoms. The molecule has 1 atom stereocenters. The first kappa shape index (κ1) is 17.5. The molecule has 2 aliphatic rings. The molecule has 0 unspecified atom stereocenters. The second-order valence-electron chi connectivity index (χ2n) is 7.48. The molecule has 4 rings (SSSR count). The molecule has 136 valence electrons. The fourth-order valence-corrected chi connectivity index (χ4v) is 5.41. The molecule has 0 heterocycles. The lowest BCUT2D eigenvalue weighted by atomic mass is 9.81. The smallest absolute Gasteiger partial charge is 0.207 e. The molecule has 2 aromatic carbocycles. The Bertz CT molecular complexity index is 923. The van der Waals surface area contributed by atoms with Crippen LogP contribution in [-0.2, 0) is 10.0 Å². The number of hydrogen-bond donors (Lipinski definition) is 1. The molecule has 0 bridgehead atoms. The summed E-state index contributed by atoms with van der Waals surface area (Å²) < 4.78 is 29.0. The quantitative estimate of drug-likeness (QED) is 0.827. The summed E-state index contributed by atoms with van der Waals surface area (Å²) in [6, 6.07) is 14.9. The van der Waals surface area contributed by atoms with Crippen molar-refractivity contribution >= 4 is 16.1 Å². The van der Waals surface area contributed by atoms with Crippen LogP contribution in [0.5, 0.6) is 0 Å². The van der Waals surface area contributed by atoms with Gasteiger partial charge in [-0.2, -0.15) is 4.72 Å². The van der Waals surface area contributed by atoms with Gasteiger partial charge in [-0.25, -0.2) is 8.42 Å². The van der Waals surface area contributed by atoms with Gasteiger partial charge in [-0.3, -0.25) is 0 Å². The Morgan fingerprint density at radius 3 is 2.35 bits per heavy atom. The van der Waals surface area contributed by atoms with Gasteiger partial charge in [-0.05, 0) is 54.5 Å². The first-order valence-corrected chi connectivity index (χ1v) is 10.9. The molecular formula is C22H25NO2S. The summed E-state index contributed by atoms with van der Waals surface area (Å²) in [4.78, 5) is 0.329. The molecule has 0 amide bonds. The highest BCUT2D eigenvalue weighted by Crippen LogP contribution is 2.43. The van der Waals surface area contributed by atoms with Crippen molar-refractivity contribution in [3.63, 3.8) is 0 Å². The standard InChI is InChI=1S/C22H25NO2S/c1-16-11-13-19(14-12-16)26(24,25)23-22-20-10-6-5-9-18(20)15-21(22)17-7-3-2-4-8-17/h5-6,9-15,17,22-23H,2-4,7-8H2,1H3/t22-/m1/s1. The number of sulfonamides is 1. The first-order chi connectivity index (χ1) is 12.5. The van der Waals surface area contributed by atoms with Crippen LogP contribution in [0.2, 0.25) is 0 Å². The van der Waals surface area contributed by atoms with Crippen molar-refractivity contribution in [2.45, 2.75) is 50.0 Å². The Kier molecular flexibility index (Phi) is 4.72. The minimum atomic E-state index is -3.57. The van der Waals surface area contributed by atoms with Crippen molar-refractivity contribution < 1.29 is 8.42 Å². The average molecular weight is 368 g/mol. The van der Waals surface area contributed by atoms with Crippen molar-refractivity contribution in [1.29, 1.82) is 0 Å². The molecule has 0 radical (unpaired) electrons. The van der Waals surface area contributed by atoms with Gasteiger partial charge in [0, 0.05) is 0 Å². The summed E-state index contributed by atoms with van der Waals surface area (Å²) in [7, 11) is -3.57. The summed E-state index contributed by atoms with van der Waals surface area (Å²) in [6.45, 7) is 1.96. The van der Waals surface area contributed by atoms with E-state index < -0.39 is 10.0 Å². The molecule has 0 aromatic heterocycles. The molecule has 1 fully saturated rings. The lowest BCUT2D eigenvalue weighted by molar-refractivity contribution is 0.388. The van der Waals surface area contributed by atoms with E-state index in [4.69, 9.17) is 0 Å². The fourth-order valence-electron chi connectivity index (χ4n) is 4.21. The summed E-state index contributed by atoms with van der Waals surface area (Å²) in [5, 5.41) is 0. The van der Waals surface area contributed by atoms with Crippen LogP contribution in [-0.4, -0.2) is 8.42 Å². The normalized spacial score (nSPS) is 20.7. The Hall–Kier alpha value is -1.91. The predicted molar refractivity (Wildman–Crippen MR) is 105 cm³/mol. The van der Waals surface area contributed by atoms with Gasteiger partial charge in [0.2, 0.25) is 10.0 Å². The number of hydrogen-bond acceptors (Lipinski definition) is 2. The van der Waals surface area contributed by atoms with Gasteiger partial charge in [-0.15, -0.1) is 0 Å². The maximum absolute atomic E-state index is 13.0. The highest BCUT2D eigenvalue weighted by Gasteiger charge is 2.33. The molecule has 1 N–H and O–H groups in total. The number of rotatable bonds is 4. The predicted octanol–water partition coefficient (Wildman–Crippen LogP) is 4.99. The van der Waals surface area contributed by atoms with Crippen LogP contribution in [0.3, 0.4) is 0 Å². The Morgan fingerprint density at radius 1 is 0.923 bits per heavy atom. The third kappa shape index (κ3) is 3.36. The van der Waals surface area contributed by atoms with Gasteiger partial charge in [0.05, 0.1) is 10.9 Å². The van der Waals surface area contributed by atoms with Gasteiger partial charge >= 0.3 is 0 Å². The third-order valence-corrected chi connectivity index (χ3v) is 7.08. The van der Waals surface area contributed by atoms with Crippen LogP contribution < -0.4 is 4.72 Å². The van der Waals surface area contributed by atoms with Crippen molar-refractivity contribution in [2.75, 3.05) is 0 Å². The minimum Gasteiger partial charge on any atom is -0.207 e. The van der Waals surface area contributed by atoms with Gasteiger partial charge in [0.1, 0.15) is 0 Å². The van der Waals surface area contributed by atoms with E-state index in [2.05, 4.69) is 16.9 Å². The van der Waals surface area contributed by atoms with E-state index in [0.29, 0.717) is 10.8 Å². The number of fused-ring (bicyclic) bond motifs is 1. The molecule has 26 heavy (non-hydrogen) atoms. The van der Waals surface area contributed by atoms with Crippen LogP contribution in [0.1, 0.15) is 54.8 Å². The van der Waals surface area contributed by atoms with E-state index in [1.807, 2.05) is 37.3 Å². The molecule has 2 aliphatic carbocycles. The summed E-state index contributed by atoms with van der Waals surface area (Å²) in [6.07, 6.45) is 8.28. The van der Waals surface area contributed by atoms with Gasteiger partial charge < -0.3 is 0 Å². The Balaban J connectivity index is 1.68. The Labute approximate surface area is 156 Å². The topological polar surface area (TPSA) is 46.2 Å². The molecule has 0 aliphatic heterocycles. The monoisotopic (exact) mass is 367 g/mol. The molecule has 0 saturated heterocycles. The SMILES string of the molecule is Cc1ccc(S(=O)(=O)N[C@H]2C(C3CCCCC3)=Cc3ccccc32)cc1. The molecule has 3 nitrogen and oxygen atoms in total. The summed E-state index contributed by atoms with van der Waals surface area (Å²) in [5.74, 6) is 0.474. The lowest BCUT2D eigenvalue weighted by Gasteiger charge is -2.28. The highest BCUT2D eigenvalue weighted by molar-refractivity contribution is 7.89. The number of aryl methyl sites for hydroxylation is 1. The second-order valence-corrected chi connectivity index (χ2v) is 9.19. The fraction of sp³-hybridized carbons (Fsp3) is 0.364. The van der Waals surface area contributed by atoms with Gasteiger partial charge in [0.25, 0.3) is 0 Å². The number of benzene rings is 2. The summed E-state index contributed by atoms with van der Waals surface area (Å²) >= 11 is 0. The lowest BCUT2D eigenvalue weighted by Crippen LogP contribution is -2.31. The minimum absolute atomic E-state index is 0.249. The Morgan fingerprint density at radius 2 is 1.62 bits per heavy atom. The van der Waals surface area contributed by atoms with Crippen LogP contribution in [0.4, 0.5) is 0 Å². The third-order valence-electron chi connectivity index (χ3n) is 5.64. The van der Waals surface area contributed by atoms with E-state index in [-0.39, 0.29) is 6.04 Å². The van der Waals surface area contributed by atoms with E-state index in [1.54, 1.807) is 12.1 Å². The van der Waals surface area contributed by atoms with Gasteiger partial charge in [0.15, 0.2) is 0 Å². The van der Waals surface area contributed by atoms with Crippen LogP contribution in [0.25, 0.3) is 6.08 Å². The first-order valence-electron chi connectivity index (χ1n) is 9.44. The van der Waals surface area contributed by atoms with Crippen molar-refractivity contribution in [2.24, 2.45) is 5.92 Å². The van der Waals surface area contributed by atoms with E-state index in [0.717, 1.165) is 29.5 Å². The van der Waals surface area contributed by atoms with Crippen LogP contribution in [0, 0.1) is 12.8 Å². The van der Waals surface area contributed by atoms with E-state index in [1.165, 1.54) is 24.8 Å².